The van der Waals surface area contributed by atoms with Crippen molar-refractivity contribution in [2.45, 2.75) is 68.4 Å². The van der Waals surface area contributed by atoms with Gasteiger partial charge in [0.05, 0.1) is 16.9 Å². The number of fused-ring (bicyclic) bond motifs is 1. The molecular weight excluding hydrogens is 492 g/mol. The molecular formula is C31H47ClN6. The molecule has 0 amide bonds. The van der Waals surface area contributed by atoms with Gasteiger partial charge in [0.25, 0.3) is 0 Å². The molecule has 0 saturated carbocycles. The van der Waals surface area contributed by atoms with E-state index in [0.29, 0.717) is 10.7 Å². The lowest BCUT2D eigenvalue weighted by Gasteiger charge is -2.36. The summed E-state index contributed by atoms with van der Waals surface area (Å²) in [6.07, 6.45) is 12.4. The van der Waals surface area contributed by atoms with Gasteiger partial charge in [0.2, 0.25) is 0 Å². The van der Waals surface area contributed by atoms with Gasteiger partial charge in [0.1, 0.15) is 11.3 Å². The van der Waals surface area contributed by atoms with Crippen molar-refractivity contribution >= 4 is 34.0 Å². The second-order valence-corrected chi connectivity index (χ2v) is 8.42. The van der Waals surface area contributed by atoms with Gasteiger partial charge in [-0.25, -0.2) is 9.97 Å². The summed E-state index contributed by atoms with van der Waals surface area (Å²) in [5.74, 6) is 0.807. The van der Waals surface area contributed by atoms with Crippen molar-refractivity contribution in [2.24, 2.45) is 0 Å². The Hall–Kier alpha value is -2.96. The van der Waals surface area contributed by atoms with Crippen molar-refractivity contribution in [3.8, 4) is 0 Å². The summed E-state index contributed by atoms with van der Waals surface area (Å²) in [5, 5.41) is 0.648. The van der Waals surface area contributed by atoms with Crippen molar-refractivity contribution in [1.29, 1.82) is 0 Å². The molecule has 7 heteroatoms. The van der Waals surface area contributed by atoms with Gasteiger partial charge in [-0.3, -0.25) is 9.88 Å². The smallest absolute Gasteiger partial charge is 0.180 e. The van der Waals surface area contributed by atoms with E-state index in [-0.39, 0.29) is 0 Å². The van der Waals surface area contributed by atoms with Gasteiger partial charge in [-0.1, -0.05) is 90.9 Å². The monoisotopic (exact) mass is 538 g/mol. The molecule has 1 fully saturated rings. The Morgan fingerprint density at radius 2 is 1.74 bits per heavy atom. The summed E-state index contributed by atoms with van der Waals surface area (Å²) in [7, 11) is 0. The molecule has 3 aromatic rings. The molecule has 0 radical (unpaired) electrons. The third kappa shape index (κ3) is 9.10. The molecule has 0 aliphatic carbocycles. The molecule has 4 rings (SSSR count). The number of imidazole rings is 1. The number of piperazine rings is 1. The number of aromatic nitrogens is 4. The highest BCUT2D eigenvalue weighted by atomic mass is 35.5. The fraction of sp³-hybridized carbons (Fsp3) is 0.452. The number of hydrogen-bond acceptors (Lipinski definition) is 5. The van der Waals surface area contributed by atoms with Crippen LogP contribution in [0, 0.1) is 0 Å². The first-order valence-electron chi connectivity index (χ1n) is 14.0. The number of aromatic amines is 1. The largest absolute Gasteiger partial charge is 0.366 e. The lowest BCUT2D eigenvalue weighted by atomic mass is 10.1. The Kier molecular flexibility index (Phi) is 15.9. The zero-order chi connectivity index (χ0) is 28.5. The average Bonchev–Trinajstić information content (AvgIpc) is 3.42. The van der Waals surface area contributed by atoms with Crippen LogP contribution in [0.2, 0.25) is 5.02 Å². The van der Waals surface area contributed by atoms with Crippen LogP contribution in [-0.4, -0.2) is 51.0 Å². The number of halogens is 1. The van der Waals surface area contributed by atoms with E-state index in [1.807, 2.05) is 73.0 Å². The van der Waals surface area contributed by atoms with Crippen LogP contribution >= 0.6 is 11.6 Å². The summed E-state index contributed by atoms with van der Waals surface area (Å²) >= 11 is 6.62. The van der Waals surface area contributed by atoms with Crippen molar-refractivity contribution in [1.82, 2.24) is 24.8 Å². The molecule has 38 heavy (non-hydrogen) atoms. The predicted molar refractivity (Wildman–Crippen MR) is 167 cm³/mol. The third-order valence-corrected chi connectivity index (χ3v) is 6.13. The maximum atomic E-state index is 6.62. The topological polar surface area (TPSA) is 60.9 Å². The fourth-order valence-electron chi connectivity index (χ4n) is 3.94. The van der Waals surface area contributed by atoms with Gasteiger partial charge < -0.3 is 9.88 Å². The van der Waals surface area contributed by atoms with Crippen molar-refractivity contribution < 1.29 is 0 Å². The van der Waals surface area contributed by atoms with Crippen molar-refractivity contribution in [3.63, 3.8) is 0 Å². The van der Waals surface area contributed by atoms with Crippen molar-refractivity contribution in [3.05, 3.63) is 77.5 Å². The molecule has 0 unspecified atom stereocenters. The second-order valence-electron chi connectivity index (χ2n) is 8.01. The lowest BCUT2D eigenvalue weighted by molar-refractivity contribution is 0.250. The Morgan fingerprint density at radius 1 is 1.05 bits per heavy atom. The van der Waals surface area contributed by atoms with E-state index in [4.69, 9.17) is 16.6 Å². The standard InChI is InChI=1S/C25H29ClN6.3C2H6/c1-4-19(5-2)9-8-18(3)24-29-22-23(21(26)16-28-25(22)30-24)32-13-11-31(12-14-32)17-20-7-6-10-27-15-20;3*1-2/h4,6-10,15-16H,1,5,11-14,17H2,2-3H3,(H,28,29,30);3*1-2H3/b18-8+,19-9+;;;. The van der Waals surface area contributed by atoms with Crippen LogP contribution < -0.4 is 4.90 Å². The van der Waals surface area contributed by atoms with E-state index in [2.05, 4.69) is 56.5 Å². The van der Waals surface area contributed by atoms with E-state index >= 15 is 0 Å². The van der Waals surface area contributed by atoms with E-state index in [0.717, 1.165) is 61.7 Å². The highest BCUT2D eigenvalue weighted by Gasteiger charge is 2.23. The molecule has 0 atom stereocenters. The predicted octanol–water partition coefficient (Wildman–Crippen LogP) is 8.33. The third-order valence-electron chi connectivity index (χ3n) is 5.86. The molecule has 0 spiro atoms. The molecule has 1 N–H and O–H groups in total. The number of hydrogen-bond donors (Lipinski definition) is 1. The number of H-pyrrole nitrogens is 1. The molecule has 1 aliphatic heterocycles. The molecule has 0 bridgehead atoms. The number of nitrogens with one attached hydrogen (secondary N) is 1. The lowest BCUT2D eigenvalue weighted by Crippen LogP contribution is -2.46. The summed E-state index contributed by atoms with van der Waals surface area (Å²) < 4.78 is 0. The molecule has 6 nitrogen and oxygen atoms in total. The molecule has 1 aliphatic rings. The maximum Gasteiger partial charge on any atom is 0.180 e. The van der Waals surface area contributed by atoms with Gasteiger partial charge in [-0.2, -0.15) is 0 Å². The summed E-state index contributed by atoms with van der Waals surface area (Å²) in [6.45, 7) is 24.6. The number of rotatable bonds is 7. The Balaban J connectivity index is 0.00000112. The number of allylic oxidation sites excluding steroid dienone is 5. The minimum absolute atomic E-state index is 0.648. The van der Waals surface area contributed by atoms with Crippen LogP contribution in [0.4, 0.5) is 5.69 Å². The van der Waals surface area contributed by atoms with E-state index in [1.165, 1.54) is 11.1 Å². The second kappa shape index (κ2) is 18.3. The first kappa shape index (κ1) is 33.1. The fourth-order valence-corrected chi connectivity index (χ4v) is 4.20. The van der Waals surface area contributed by atoms with Crippen molar-refractivity contribution in [2.75, 3.05) is 31.1 Å². The van der Waals surface area contributed by atoms with Crippen LogP contribution in [-0.2, 0) is 6.54 Å². The molecule has 4 heterocycles. The first-order chi connectivity index (χ1) is 18.6. The van der Waals surface area contributed by atoms with Gasteiger partial charge >= 0.3 is 0 Å². The van der Waals surface area contributed by atoms with Crippen LogP contribution in [0.3, 0.4) is 0 Å². The van der Waals surface area contributed by atoms with Crippen LogP contribution in [0.5, 0.6) is 0 Å². The summed E-state index contributed by atoms with van der Waals surface area (Å²) in [6, 6.07) is 4.11. The number of nitrogens with zero attached hydrogens (tertiary/aromatic N) is 5. The number of anilines is 1. The van der Waals surface area contributed by atoms with Gasteiger partial charge in [-0.05, 0) is 36.1 Å². The van der Waals surface area contributed by atoms with Gasteiger partial charge in [0, 0.05) is 45.1 Å². The molecule has 1 saturated heterocycles. The van der Waals surface area contributed by atoms with Gasteiger partial charge in [0.15, 0.2) is 5.65 Å². The number of pyridine rings is 2. The minimum Gasteiger partial charge on any atom is -0.366 e. The van der Waals surface area contributed by atoms with Crippen LogP contribution in [0.15, 0.2) is 61.1 Å². The van der Waals surface area contributed by atoms with E-state index in [1.54, 1.807) is 6.20 Å². The average molecular weight is 539 g/mol. The minimum atomic E-state index is 0.648. The summed E-state index contributed by atoms with van der Waals surface area (Å²) in [5.41, 5.74) is 6.03. The highest BCUT2D eigenvalue weighted by molar-refractivity contribution is 6.34. The summed E-state index contributed by atoms with van der Waals surface area (Å²) in [4.78, 5) is 21.6. The highest BCUT2D eigenvalue weighted by Crippen LogP contribution is 2.33. The van der Waals surface area contributed by atoms with Crippen LogP contribution in [0.25, 0.3) is 16.7 Å². The molecule has 208 valence electrons. The van der Waals surface area contributed by atoms with E-state index in [9.17, 15) is 0 Å². The molecule has 0 aromatic carbocycles. The maximum absolute atomic E-state index is 6.62. The Labute approximate surface area is 235 Å². The van der Waals surface area contributed by atoms with E-state index < -0.39 is 0 Å². The zero-order valence-electron chi connectivity index (χ0n) is 24.7. The Bertz CT molecular complexity index is 1140. The van der Waals surface area contributed by atoms with Crippen LogP contribution in [0.1, 0.15) is 73.2 Å². The Morgan fingerprint density at radius 3 is 2.32 bits per heavy atom. The molecule has 3 aromatic heterocycles. The quantitative estimate of drug-likeness (QED) is 0.306. The first-order valence-corrected chi connectivity index (χ1v) is 14.4. The normalized spacial score (nSPS) is 14.0. The zero-order valence-corrected chi connectivity index (χ0v) is 25.4. The van der Waals surface area contributed by atoms with Gasteiger partial charge in [-0.15, -0.1) is 0 Å². The SMILES string of the molecule is C=C/C(=C\C=C(/C)c1nc2ncc(Cl)c(N3CCN(Cc4cccnc4)CC3)c2[nH]1)CC.CC.CC.CC.